The third kappa shape index (κ3) is 8.98. The maximum atomic E-state index is 13.3. The van der Waals surface area contributed by atoms with Crippen molar-refractivity contribution in [2.75, 3.05) is 6.61 Å². The SMILES string of the molecule is CCC(C)(CC)CC(C(=O)OC(C)(C)CCOC(C)(C)C)C(C)(CC)CC. The first kappa shape index (κ1) is 26.4. The van der Waals surface area contributed by atoms with E-state index in [-0.39, 0.29) is 28.3 Å². The van der Waals surface area contributed by atoms with E-state index in [1.807, 2.05) is 34.6 Å². The van der Waals surface area contributed by atoms with Crippen LogP contribution in [0.1, 0.15) is 115 Å². The van der Waals surface area contributed by atoms with E-state index in [1.165, 1.54) is 0 Å². The second kappa shape index (κ2) is 10.3. The fourth-order valence-electron chi connectivity index (χ4n) is 3.39. The Bertz CT molecular complexity index is 437. The molecule has 0 fully saturated rings. The van der Waals surface area contributed by atoms with E-state index in [1.54, 1.807) is 0 Å². The highest BCUT2D eigenvalue weighted by molar-refractivity contribution is 5.74. The van der Waals surface area contributed by atoms with Crippen molar-refractivity contribution in [1.82, 2.24) is 0 Å². The van der Waals surface area contributed by atoms with Gasteiger partial charge in [-0.2, -0.15) is 0 Å². The topological polar surface area (TPSA) is 35.5 Å². The lowest BCUT2D eigenvalue weighted by Gasteiger charge is -2.41. The molecule has 1 unspecified atom stereocenters. The van der Waals surface area contributed by atoms with Crippen LogP contribution >= 0.6 is 0 Å². The molecule has 0 aromatic carbocycles. The van der Waals surface area contributed by atoms with Gasteiger partial charge in [0.2, 0.25) is 0 Å². The van der Waals surface area contributed by atoms with Crippen LogP contribution in [0, 0.1) is 16.7 Å². The number of carbonyl (C=O) groups is 1. The van der Waals surface area contributed by atoms with Gasteiger partial charge in [-0.1, -0.05) is 54.4 Å². The van der Waals surface area contributed by atoms with Crippen LogP contribution in [0.4, 0.5) is 0 Å². The number of hydrogen-bond donors (Lipinski definition) is 0. The van der Waals surface area contributed by atoms with Gasteiger partial charge in [0.05, 0.1) is 18.1 Å². The van der Waals surface area contributed by atoms with E-state index in [2.05, 4.69) is 41.5 Å². The summed E-state index contributed by atoms with van der Waals surface area (Å²) in [5.74, 6) is -0.102. The first-order chi connectivity index (χ1) is 12.2. The van der Waals surface area contributed by atoms with E-state index in [0.717, 1.165) is 32.1 Å². The minimum Gasteiger partial charge on any atom is -0.459 e. The second-order valence-electron chi connectivity index (χ2n) is 10.5. The highest BCUT2D eigenvalue weighted by Gasteiger charge is 2.42. The number of hydrogen-bond acceptors (Lipinski definition) is 3. The standard InChI is InChI=1S/C24H48O3/c1-12-23(10,13-2)18-19(24(11,14-3)15-4)20(25)27-22(8,9)16-17-26-21(5,6)7/h19H,12-18H2,1-11H3. The third-order valence-electron chi connectivity index (χ3n) is 6.76. The van der Waals surface area contributed by atoms with Crippen LogP contribution in [0.3, 0.4) is 0 Å². The van der Waals surface area contributed by atoms with Crippen LogP contribution in [0.2, 0.25) is 0 Å². The molecule has 0 radical (unpaired) electrons. The Morgan fingerprint density at radius 3 is 1.67 bits per heavy atom. The average Bonchev–Trinajstić information content (AvgIpc) is 2.56. The van der Waals surface area contributed by atoms with Crippen LogP contribution < -0.4 is 0 Å². The van der Waals surface area contributed by atoms with Crippen LogP contribution in [-0.2, 0) is 14.3 Å². The van der Waals surface area contributed by atoms with Gasteiger partial charge in [0, 0.05) is 6.42 Å². The summed E-state index contributed by atoms with van der Waals surface area (Å²) in [5, 5.41) is 0. The first-order valence-corrected chi connectivity index (χ1v) is 11.0. The lowest BCUT2D eigenvalue weighted by atomic mass is 9.65. The van der Waals surface area contributed by atoms with Crippen molar-refractivity contribution < 1.29 is 14.3 Å². The molecule has 0 rings (SSSR count). The molecule has 0 heterocycles. The van der Waals surface area contributed by atoms with Crippen molar-refractivity contribution in [1.29, 1.82) is 0 Å². The number of rotatable bonds is 12. The Morgan fingerprint density at radius 2 is 1.30 bits per heavy atom. The third-order valence-corrected chi connectivity index (χ3v) is 6.76. The van der Waals surface area contributed by atoms with Crippen molar-refractivity contribution in [3.05, 3.63) is 0 Å². The Hall–Kier alpha value is -0.570. The Morgan fingerprint density at radius 1 is 0.815 bits per heavy atom. The monoisotopic (exact) mass is 384 g/mol. The van der Waals surface area contributed by atoms with Gasteiger partial charge in [0.25, 0.3) is 0 Å². The molecular weight excluding hydrogens is 336 g/mol. The number of carbonyl (C=O) groups excluding carboxylic acids is 1. The van der Waals surface area contributed by atoms with Gasteiger partial charge in [-0.05, 0) is 64.7 Å². The molecule has 0 saturated heterocycles. The van der Waals surface area contributed by atoms with Gasteiger partial charge in [0.15, 0.2) is 0 Å². The van der Waals surface area contributed by atoms with Crippen molar-refractivity contribution in [3.63, 3.8) is 0 Å². The quantitative estimate of drug-likeness (QED) is 0.334. The van der Waals surface area contributed by atoms with Gasteiger partial charge in [-0.15, -0.1) is 0 Å². The summed E-state index contributed by atoms with van der Waals surface area (Å²) in [7, 11) is 0. The summed E-state index contributed by atoms with van der Waals surface area (Å²) in [6.45, 7) is 24.2. The molecule has 0 aromatic heterocycles. The second-order valence-corrected chi connectivity index (χ2v) is 10.5. The maximum absolute atomic E-state index is 13.3. The summed E-state index contributed by atoms with van der Waals surface area (Å²) in [5.41, 5.74) is -0.539. The fourth-order valence-corrected chi connectivity index (χ4v) is 3.39. The smallest absolute Gasteiger partial charge is 0.310 e. The normalized spacial score (nSPS) is 14.9. The number of esters is 1. The molecule has 0 spiro atoms. The molecule has 0 bridgehead atoms. The summed E-state index contributed by atoms with van der Waals surface area (Å²) in [6.07, 6.45) is 5.74. The maximum Gasteiger partial charge on any atom is 0.310 e. The predicted molar refractivity (Wildman–Crippen MR) is 116 cm³/mol. The molecule has 0 aliphatic carbocycles. The lowest BCUT2D eigenvalue weighted by Crippen LogP contribution is -2.41. The zero-order valence-electron chi connectivity index (χ0n) is 20.3. The zero-order valence-corrected chi connectivity index (χ0v) is 20.3. The molecule has 1 atom stereocenters. The Balaban J connectivity index is 5.34. The van der Waals surface area contributed by atoms with E-state index in [0.29, 0.717) is 13.0 Å². The molecule has 27 heavy (non-hydrogen) atoms. The van der Waals surface area contributed by atoms with Gasteiger partial charge in [-0.25, -0.2) is 0 Å². The Kier molecular flexibility index (Phi) is 10.1. The van der Waals surface area contributed by atoms with Crippen LogP contribution in [0.15, 0.2) is 0 Å². The largest absolute Gasteiger partial charge is 0.459 e. The lowest BCUT2D eigenvalue weighted by molar-refractivity contribution is -0.171. The van der Waals surface area contributed by atoms with Crippen molar-refractivity contribution >= 4 is 5.97 Å². The molecule has 162 valence electrons. The first-order valence-electron chi connectivity index (χ1n) is 11.0. The molecule has 0 aliphatic heterocycles. The fraction of sp³-hybridized carbons (Fsp3) is 0.958. The van der Waals surface area contributed by atoms with E-state index >= 15 is 0 Å². The van der Waals surface area contributed by atoms with Gasteiger partial charge in [-0.3, -0.25) is 4.79 Å². The van der Waals surface area contributed by atoms with E-state index in [9.17, 15) is 4.79 Å². The molecule has 3 nitrogen and oxygen atoms in total. The van der Waals surface area contributed by atoms with Gasteiger partial charge >= 0.3 is 5.97 Å². The van der Waals surface area contributed by atoms with E-state index < -0.39 is 5.60 Å². The summed E-state index contributed by atoms with van der Waals surface area (Å²) < 4.78 is 11.9. The van der Waals surface area contributed by atoms with E-state index in [4.69, 9.17) is 9.47 Å². The van der Waals surface area contributed by atoms with Crippen LogP contribution in [0.25, 0.3) is 0 Å². The molecular formula is C24H48O3. The van der Waals surface area contributed by atoms with Crippen molar-refractivity contribution in [2.24, 2.45) is 16.7 Å². The summed E-state index contributed by atoms with van der Waals surface area (Å²) in [6, 6.07) is 0. The summed E-state index contributed by atoms with van der Waals surface area (Å²) in [4.78, 5) is 13.3. The van der Waals surface area contributed by atoms with Crippen molar-refractivity contribution in [2.45, 2.75) is 126 Å². The predicted octanol–water partition coefficient (Wildman–Crippen LogP) is 7.17. The zero-order chi connectivity index (χ0) is 21.5. The Labute approximate surface area is 170 Å². The molecule has 0 aliphatic rings. The van der Waals surface area contributed by atoms with Gasteiger partial charge < -0.3 is 9.47 Å². The molecule has 0 saturated carbocycles. The molecule has 0 aromatic rings. The highest BCUT2D eigenvalue weighted by atomic mass is 16.6. The molecule has 0 amide bonds. The minimum absolute atomic E-state index is 0.0271. The van der Waals surface area contributed by atoms with Crippen LogP contribution in [0.5, 0.6) is 0 Å². The van der Waals surface area contributed by atoms with Gasteiger partial charge in [0.1, 0.15) is 5.60 Å². The molecule has 3 heteroatoms. The molecule has 0 N–H and O–H groups in total. The van der Waals surface area contributed by atoms with Crippen LogP contribution in [-0.4, -0.2) is 23.8 Å². The number of ether oxygens (including phenoxy) is 2. The minimum atomic E-state index is -0.516. The summed E-state index contributed by atoms with van der Waals surface area (Å²) >= 11 is 0. The highest BCUT2D eigenvalue weighted by Crippen LogP contribution is 2.45. The average molecular weight is 385 g/mol. The van der Waals surface area contributed by atoms with Crippen molar-refractivity contribution in [3.8, 4) is 0 Å².